The second kappa shape index (κ2) is 6.01. The molecule has 138 valence electrons. The molecule has 0 saturated heterocycles. The summed E-state index contributed by atoms with van der Waals surface area (Å²) in [6.45, 7) is -0.548. The molecular formula is C16H12F3N7O. The maximum absolute atomic E-state index is 12.8. The standard InChI is InChI=1S/C16H12F3N7O/c17-16(18,19)8-26-14(23-15(21)24-26)11-7-25-3-4-27-12-2-1-9(6-20)5-10(12)13(25)22-11/h1-2,5,7H,3-4,8H2,(H2,21,24). The van der Waals surface area contributed by atoms with Gasteiger partial charge in [-0.2, -0.15) is 23.4 Å². The van der Waals surface area contributed by atoms with Crippen molar-refractivity contribution in [3.05, 3.63) is 30.0 Å². The molecule has 1 aliphatic heterocycles. The zero-order valence-electron chi connectivity index (χ0n) is 13.7. The van der Waals surface area contributed by atoms with Crippen molar-refractivity contribution in [1.82, 2.24) is 24.3 Å². The summed E-state index contributed by atoms with van der Waals surface area (Å²) in [5, 5.41) is 12.7. The second-order valence-electron chi connectivity index (χ2n) is 5.88. The molecule has 3 heterocycles. The average molecular weight is 375 g/mol. The Hall–Kier alpha value is -3.55. The molecule has 27 heavy (non-hydrogen) atoms. The number of alkyl halides is 3. The molecule has 0 fully saturated rings. The zero-order chi connectivity index (χ0) is 19.2. The molecule has 0 unspecified atom stereocenters. The van der Waals surface area contributed by atoms with Gasteiger partial charge in [-0.25, -0.2) is 9.67 Å². The van der Waals surface area contributed by atoms with Crippen LogP contribution in [-0.4, -0.2) is 37.1 Å². The zero-order valence-corrected chi connectivity index (χ0v) is 13.7. The van der Waals surface area contributed by atoms with Crippen LogP contribution in [0.2, 0.25) is 0 Å². The molecule has 2 aromatic heterocycles. The fourth-order valence-corrected chi connectivity index (χ4v) is 2.89. The van der Waals surface area contributed by atoms with Crippen LogP contribution in [-0.2, 0) is 13.1 Å². The summed E-state index contributed by atoms with van der Waals surface area (Å²) < 4.78 is 46.5. The highest BCUT2D eigenvalue weighted by Crippen LogP contribution is 2.34. The smallest absolute Gasteiger partial charge is 0.408 e. The van der Waals surface area contributed by atoms with Crippen LogP contribution in [0.25, 0.3) is 22.9 Å². The van der Waals surface area contributed by atoms with E-state index in [1.54, 1.807) is 29.0 Å². The first-order valence-corrected chi connectivity index (χ1v) is 7.86. The molecule has 11 heteroatoms. The van der Waals surface area contributed by atoms with Crippen molar-refractivity contribution in [2.45, 2.75) is 19.3 Å². The molecule has 0 spiro atoms. The van der Waals surface area contributed by atoms with Gasteiger partial charge in [0.15, 0.2) is 5.82 Å². The highest BCUT2D eigenvalue weighted by atomic mass is 19.4. The Morgan fingerprint density at radius 2 is 2.07 bits per heavy atom. The van der Waals surface area contributed by atoms with E-state index in [0.29, 0.717) is 40.5 Å². The molecule has 0 bridgehead atoms. The van der Waals surface area contributed by atoms with E-state index in [2.05, 4.69) is 15.1 Å². The third-order valence-electron chi connectivity index (χ3n) is 3.96. The number of nitriles is 1. The van der Waals surface area contributed by atoms with Crippen LogP contribution in [0.3, 0.4) is 0 Å². The van der Waals surface area contributed by atoms with Gasteiger partial charge in [0, 0.05) is 6.20 Å². The van der Waals surface area contributed by atoms with Crippen molar-refractivity contribution in [2.75, 3.05) is 12.3 Å². The topological polar surface area (TPSA) is 108 Å². The number of hydrogen-bond donors (Lipinski definition) is 1. The minimum atomic E-state index is -4.48. The van der Waals surface area contributed by atoms with Gasteiger partial charge in [-0.1, -0.05) is 0 Å². The first-order valence-electron chi connectivity index (χ1n) is 7.86. The summed E-state index contributed by atoms with van der Waals surface area (Å²) in [5.41, 5.74) is 6.69. The van der Waals surface area contributed by atoms with E-state index in [0.717, 1.165) is 0 Å². The molecule has 0 aliphatic carbocycles. The summed E-state index contributed by atoms with van der Waals surface area (Å²) >= 11 is 0. The number of imidazole rings is 1. The van der Waals surface area contributed by atoms with Gasteiger partial charge in [0.2, 0.25) is 5.95 Å². The van der Waals surface area contributed by atoms with Gasteiger partial charge >= 0.3 is 6.18 Å². The lowest BCUT2D eigenvalue weighted by molar-refractivity contribution is -0.142. The van der Waals surface area contributed by atoms with Crippen molar-refractivity contribution in [1.29, 1.82) is 5.26 Å². The number of hydrogen-bond acceptors (Lipinski definition) is 6. The second-order valence-corrected chi connectivity index (χ2v) is 5.88. The maximum atomic E-state index is 12.8. The Bertz CT molecular complexity index is 1060. The molecular weight excluding hydrogens is 363 g/mol. The normalized spacial score (nSPS) is 13.3. The Morgan fingerprint density at radius 1 is 1.26 bits per heavy atom. The summed E-state index contributed by atoms with van der Waals surface area (Å²) in [4.78, 5) is 8.32. The highest BCUT2D eigenvalue weighted by molar-refractivity contribution is 5.70. The van der Waals surface area contributed by atoms with Crippen molar-refractivity contribution < 1.29 is 17.9 Å². The minimum absolute atomic E-state index is 0.0793. The minimum Gasteiger partial charge on any atom is -0.491 e. The van der Waals surface area contributed by atoms with Crippen molar-refractivity contribution in [3.63, 3.8) is 0 Å². The molecule has 0 radical (unpaired) electrons. The van der Waals surface area contributed by atoms with E-state index >= 15 is 0 Å². The van der Waals surface area contributed by atoms with E-state index in [4.69, 9.17) is 15.7 Å². The molecule has 8 nitrogen and oxygen atoms in total. The molecule has 1 aromatic carbocycles. The number of nitrogens with two attached hydrogens (primary N) is 1. The Labute approximate surface area is 150 Å². The van der Waals surface area contributed by atoms with Crippen LogP contribution in [0, 0.1) is 11.3 Å². The van der Waals surface area contributed by atoms with Gasteiger partial charge in [0.05, 0.1) is 23.7 Å². The van der Waals surface area contributed by atoms with Crippen LogP contribution in [0.5, 0.6) is 5.75 Å². The third kappa shape index (κ3) is 3.17. The van der Waals surface area contributed by atoms with Crippen LogP contribution in [0.15, 0.2) is 24.4 Å². The predicted octanol–water partition coefficient (Wildman–Crippen LogP) is 2.22. The first kappa shape index (κ1) is 16.9. The molecule has 0 saturated carbocycles. The van der Waals surface area contributed by atoms with Crippen LogP contribution in [0.4, 0.5) is 19.1 Å². The van der Waals surface area contributed by atoms with Crippen molar-refractivity contribution in [2.24, 2.45) is 0 Å². The summed E-state index contributed by atoms with van der Waals surface area (Å²) in [6.07, 6.45) is -2.91. The summed E-state index contributed by atoms with van der Waals surface area (Å²) in [5.74, 6) is 0.660. The van der Waals surface area contributed by atoms with Crippen molar-refractivity contribution in [3.8, 4) is 34.7 Å². The van der Waals surface area contributed by atoms with Gasteiger partial charge in [-0.05, 0) is 18.2 Å². The fraction of sp³-hybridized carbons (Fsp3) is 0.250. The monoisotopic (exact) mass is 375 g/mol. The number of rotatable bonds is 2. The Balaban J connectivity index is 1.83. The third-order valence-corrected chi connectivity index (χ3v) is 3.96. The lowest BCUT2D eigenvalue weighted by Gasteiger charge is -2.07. The Morgan fingerprint density at radius 3 is 2.81 bits per heavy atom. The number of benzene rings is 1. The lowest BCUT2D eigenvalue weighted by atomic mass is 10.1. The molecule has 4 rings (SSSR count). The number of anilines is 1. The van der Waals surface area contributed by atoms with Crippen LogP contribution in [0.1, 0.15) is 5.56 Å². The molecule has 3 aromatic rings. The molecule has 0 atom stereocenters. The summed E-state index contributed by atoms with van der Waals surface area (Å²) in [6, 6.07) is 6.96. The fourth-order valence-electron chi connectivity index (χ4n) is 2.89. The van der Waals surface area contributed by atoms with Gasteiger partial charge < -0.3 is 15.0 Å². The van der Waals surface area contributed by atoms with Crippen LogP contribution < -0.4 is 10.5 Å². The maximum Gasteiger partial charge on any atom is 0.408 e. The SMILES string of the molecule is N#Cc1ccc2c(c1)-c1nc(-c3nc(N)nn3CC(F)(F)F)cn1CCO2. The van der Waals surface area contributed by atoms with E-state index < -0.39 is 12.7 Å². The van der Waals surface area contributed by atoms with E-state index in [-0.39, 0.29) is 17.5 Å². The molecule has 0 amide bonds. The molecule has 2 N–H and O–H groups in total. The number of nitrogen functional groups attached to an aromatic ring is 1. The van der Waals surface area contributed by atoms with Crippen molar-refractivity contribution >= 4 is 5.95 Å². The number of aromatic nitrogens is 5. The average Bonchev–Trinajstić information content (AvgIpc) is 3.12. The van der Waals surface area contributed by atoms with Gasteiger partial charge in [0.1, 0.15) is 30.4 Å². The predicted molar refractivity (Wildman–Crippen MR) is 87.4 cm³/mol. The number of ether oxygens (including phenoxy) is 1. The lowest BCUT2D eigenvalue weighted by Crippen LogP contribution is -2.19. The largest absolute Gasteiger partial charge is 0.491 e. The number of nitrogens with zero attached hydrogens (tertiary/aromatic N) is 6. The quantitative estimate of drug-likeness (QED) is 0.736. The molecule has 1 aliphatic rings. The number of fused-ring (bicyclic) bond motifs is 3. The highest BCUT2D eigenvalue weighted by Gasteiger charge is 2.31. The van der Waals surface area contributed by atoms with Gasteiger partial charge in [-0.15, -0.1) is 5.10 Å². The number of halogens is 3. The van der Waals surface area contributed by atoms with Crippen LogP contribution >= 0.6 is 0 Å². The Kier molecular flexibility index (Phi) is 3.76. The van der Waals surface area contributed by atoms with Gasteiger partial charge in [0.25, 0.3) is 0 Å². The van der Waals surface area contributed by atoms with E-state index in [1.165, 1.54) is 0 Å². The van der Waals surface area contributed by atoms with E-state index in [9.17, 15) is 13.2 Å². The first-order chi connectivity index (χ1) is 12.8. The summed E-state index contributed by atoms with van der Waals surface area (Å²) in [7, 11) is 0. The van der Waals surface area contributed by atoms with Gasteiger partial charge in [-0.3, -0.25) is 0 Å². The van der Waals surface area contributed by atoms with E-state index in [1.807, 2.05) is 6.07 Å².